The topological polar surface area (TPSA) is 124 Å². The van der Waals surface area contributed by atoms with Gasteiger partial charge in [-0.25, -0.2) is 23.5 Å². The lowest BCUT2D eigenvalue weighted by Gasteiger charge is -2.17. The number of ether oxygens (including phenoxy) is 1. The number of sulfonamides is 1. The van der Waals surface area contributed by atoms with E-state index in [2.05, 4.69) is 15.3 Å². The Hall–Kier alpha value is -3.58. The van der Waals surface area contributed by atoms with Gasteiger partial charge < -0.3 is 10.1 Å². The van der Waals surface area contributed by atoms with Gasteiger partial charge in [0.1, 0.15) is 5.56 Å². The summed E-state index contributed by atoms with van der Waals surface area (Å²) in [6.07, 6.45) is -4.30. The van der Waals surface area contributed by atoms with Crippen molar-refractivity contribution >= 4 is 21.6 Å². The molecule has 13 heteroatoms. The quantitative estimate of drug-likeness (QED) is 0.418. The van der Waals surface area contributed by atoms with Crippen LogP contribution in [0.15, 0.2) is 47.5 Å². The number of benzene rings is 1. The third kappa shape index (κ3) is 5.43. The van der Waals surface area contributed by atoms with E-state index < -0.39 is 50.6 Å². The van der Waals surface area contributed by atoms with Crippen LogP contribution < -0.4 is 15.2 Å². The van der Waals surface area contributed by atoms with E-state index in [0.29, 0.717) is 6.20 Å². The van der Waals surface area contributed by atoms with Gasteiger partial charge in [-0.05, 0) is 49.7 Å². The van der Waals surface area contributed by atoms with Gasteiger partial charge in [0.05, 0.1) is 16.2 Å². The number of aromatic nitrogens is 2. The fourth-order valence-electron chi connectivity index (χ4n) is 2.88. The molecule has 0 saturated heterocycles. The number of pyridine rings is 2. The zero-order chi connectivity index (χ0) is 24.6. The molecule has 0 saturated carbocycles. The highest BCUT2D eigenvalue weighted by Crippen LogP contribution is 2.37. The van der Waals surface area contributed by atoms with Crippen LogP contribution in [0.4, 0.5) is 23.2 Å². The maximum absolute atomic E-state index is 13.4. The first-order valence-corrected chi connectivity index (χ1v) is 10.6. The van der Waals surface area contributed by atoms with Crippen molar-refractivity contribution in [2.75, 3.05) is 5.32 Å². The van der Waals surface area contributed by atoms with Crippen molar-refractivity contribution in [3.63, 3.8) is 0 Å². The van der Waals surface area contributed by atoms with E-state index in [1.165, 1.54) is 31.2 Å². The van der Waals surface area contributed by atoms with E-state index in [-0.39, 0.29) is 22.0 Å². The molecule has 0 atom stereocenters. The lowest BCUT2D eigenvalue weighted by molar-refractivity contribution is -0.138. The first kappa shape index (κ1) is 24.1. The number of hydrogen-bond donors (Lipinski definition) is 2. The summed E-state index contributed by atoms with van der Waals surface area (Å²) >= 11 is 0. The molecule has 1 aromatic carbocycles. The van der Waals surface area contributed by atoms with Crippen LogP contribution in [0.25, 0.3) is 0 Å². The van der Waals surface area contributed by atoms with Gasteiger partial charge in [-0.2, -0.15) is 17.6 Å². The van der Waals surface area contributed by atoms with E-state index >= 15 is 0 Å². The molecule has 2 aromatic heterocycles. The molecule has 3 N–H and O–H groups in total. The molecule has 0 bridgehead atoms. The molecule has 33 heavy (non-hydrogen) atoms. The fraction of sp³-hybridized carbons (Fsp3) is 0.150. The van der Waals surface area contributed by atoms with Crippen LogP contribution in [-0.4, -0.2) is 24.3 Å². The summed E-state index contributed by atoms with van der Waals surface area (Å²) in [5.74, 6) is -2.38. The molecule has 174 valence electrons. The summed E-state index contributed by atoms with van der Waals surface area (Å²) in [6, 6.07) is 6.98. The minimum absolute atomic E-state index is 0.0340. The van der Waals surface area contributed by atoms with Crippen molar-refractivity contribution in [2.24, 2.45) is 5.14 Å². The zero-order valence-electron chi connectivity index (χ0n) is 17.1. The Balaban J connectivity index is 2.08. The number of hydrogen-bond acceptors (Lipinski definition) is 6. The Bertz CT molecular complexity index is 1340. The predicted octanol–water partition coefficient (Wildman–Crippen LogP) is 3.94. The Morgan fingerprint density at radius 2 is 1.85 bits per heavy atom. The molecule has 0 aliphatic heterocycles. The molecular formula is C20H16F4N4O4S. The lowest BCUT2D eigenvalue weighted by Crippen LogP contribution is -2.19. The van der Waals surface area contributed by atoms with Gasteiger partial charge in [-0.15, -0.1) is 0 Å². The second-order valence-corrected chi connectivity index (χ2v) is 8.38. The highest BCUT2D eigenvalue weighted by Gasteiger charge is 2.36. The van der Waals surface area contributed by atoms with E-state index in [1.54, 1.807) is 0 Å². The van der Waals surface area contributed by atoms with E-state index in [4.69, 9.17) is 9.88 Å². The Morgan fingerprint density at radius 1 is 1.15 bits per heavy atom. The van der Waals surface area contributed by atoms with Crippen molar-refractivity contribution in [3.8, 4) is 11.6 Å². The highest BCUT2D eigenvalue weighted by molar-refractivity contribution is 7.89. The molecule has 2 heterocycles. The maximum Gasteiger partial charge on any atom is 0.418 e. The number of nitrogens with two attached hydrogens (primary N) is 1. The number of amides is 1. The number of anilines is 1. The van der Waals surface area contributed by atoms with Crippen molar-refractivity contribution in [2.45, 2.75) is 24.9 Å². The van der Waals surface area contributed by atoms with Gasteiger partial charge in [-0.1, -0.05) is 6.07 Å². The standard InChI is InChI=1S/C20H16F4N4O4S/c1-10-14(20(22,23)24)9-26-19(32-15-6-7-16(21)27-11(15)2)17(10)18(29)28-12-4-3-5-13(8-12)33(25,30)31/h3-9H,1-2H3,(H,28,29)(H2,25,30,31). The minimum atomic E-state index is -4.81. The molecular weight excluding hydrogens is 468 g/mol. The number of halogens is 4. The van der Waals surface area contributed by atoms with Gasteiger partial charge in [0, 0.05) is 11.9 Å². The first-order chi connectivity index (χ1) is 15.3. The number of nitrogens with one attached hydrogen (secondary N) is 1. The van der Waals surface area contributed by atoms with Crippen LogP contribution in [0.3, 0.4) is 0 Å². The molecule has 0 spiro atoms. The summed E-state index contributed by atoms with van der Waals surface area (Å²) in [7, 11) is -4.09. The van der Waals surface area contributed by atoms with E-state index in [1.807, 2.05) is 0 Å². The Labute approximate surface area is 185 Å². The lowest BCUT2D eigenvalue weighted by atomic mass is 10.0. The average Bonchev–Trinajstić information content (AvgIpc) is 2.68. The van der Waals surface area contributed by atoms with Crippen LogP contribution in [0.2, 0.25) is 0 Å². The van der Waals surface area contributed by atoms with Crippen LogP contribution >= 0.6 is 0 Å². The molecule has 3 rings (SSSR count). The zero-order valence-corrected chi connectivity index (χ0v) is 17.9. The number of nitrogens with zero attached hydrogens (tertiary/aromatic N) is 2. The highest BCUT2D eigenvalue weighted by atomic mass is 32.2. The van der Waals surface area contributed by atoms with Crippen molar-refractivity contribution in [1.29, 1.82) is 0 Å². The third-order valence-electron chi connectivity index (χ3n) is 4.47. The van der Waals surface area contributed by atoms with E-state index in [0.717, 1.165) is 19.1 Å². The van der Waals surface area contributed by atoms with Crippen LogP contribution in [0.5, 0.6) is 11.6 Å². The fourth-order valence-corrected chi connectivity index (χ4v) is 3.44. The second-order valence-electron chi connectivity index (χ2n) is 6.82. The summed E-state index contributed by atoms with van der Waals surface area (Å²) in [5, 5.41) is 7.38. The van der Waals surface area contributed by atoms with Gasteiger partial charge in [-0.3, -0.25) is 4.79 Å². The molecule has 0 radical (unpaired) electrons. The summed E-state index contributed by atoms with van der Waals surface area (Å²) < 4.78 is 82.1. The second kappa shape index (κ2) is 8.75. The molecule has 0 fully saturated rings. The predicted molar refractivity (Wildman–Crippen MR) is 109 cm³/mol. The molecule has 0 aliphatic carbocycles. The third-order valence-corrected chi connectivity index (χ3v) is 5.38. The van der Waals surface area contributed by atoms with Crippen LogP contribution in [0, 0.1) is 19.8 Å². The smallest absolute Gasteiger partial charge is 0.418 e. The number of alkyl halides is 3. The summed E-state index contributed by atoms with van der Waals surface area (Å²) in [4.78, 5) is 19.9. The van der Waals surface area contributed by atoms with Crippen molar-refractivity contribution in [1.82, 2.24) is 9.97 Å². The number of carbonyl (C=O) groups excluding carboxylic acids is 1. The van der Waals surface area contributed by atoms with E-state index in [9.17, 15) is 30.8 Å². The largest absolute Gasteiger partial charge is 0.436 e. The van der Waals surface area contributed by atoms with Crippen molar-refractivity contribution < 1.29 is 35.5 Å². The molecule has 3 aromatic rings. The SMILES string of the molecule is Cc1nc(F)ccc1Oc1ncc(C(F)(F)F)c(C)c1C(=O)Nc1cccc(S(N)(=O)=O)c1. The molecule has 0 unspecified atom stereocenters. The number of rotatable bonds is 5. The average molecular weight is 484 g/mol. The van der Waals surface area contributed by atoms with Crippen LogP contribution in [0.1, 0.15) is 27.2 Å². The monoisotopic (exact) mass is 484 g/mol. The molecule has 8 nitrogen and oxygen atoms in total. The number of carbonyl (C=O) groups is 1. The van der Waals surface area contributed by atoms with Gasteiger partial charge in [0.15, 0.2) is 5.75 Å². The maximum atomic E-state index is 13.4. The van der Waals surface area contributed by atoms with Gasteiger partial charge >= 0.3 is 6.18 Å². The Kier molecular flexibility index (Phi) is 6.38. The molecule has 1 amide bonds. The number of aryl methyl sites for hydroxylation is 1. The van der Waals surface area contributed by atoms with Gasteiger partial charge in [0.2, 0.25) is 21.9 Å². The minimum Gasteiger partial charge on any atom is -0.436 e. The number of primary sulfonamides is 1. The van der Waals surface area contributed by atoms with Gasteiger partial charge in [0.25, 0.3) is 5.91 Å². The summed E-state index contributed by atoms with van der Waals surface area (Å²) in [5.41, 5.74) is -2.20. The van der Waals surface area contributed by atoms with Crippen LogP contribution in [-0.2, 0) is 16.2 Å². The Morgan fingerprint density at radius 3 is 2.45 bits per heavy atom. The first-order valence-electron chi connectivity index (χ1n) is 9.09. The normalized spacial score (nSPS) is 11.8. The van der Waals surface area contributed by atoms with Crippen molar-refractivity contribution in [3.05, 3.63) is 70.9 Å². The molecule has 0 aliphatic rings. The summed E-state index contributed by atoms with van der Waals surface area (Å²) in [6.45, 7) is 2.46.